The highest BCUT2D eigenvalue weighted by Gasteiger charge is 2.13. The first-order valence-electron chi connectivity index (χ1n) is 5.59. The highest BCUT2D eigenvalue weighted by molar-refractivity contribution is 7.99. The Kier molecular flexibility index (Phi) is 2.46. The zero-order valence-electron chi connectivity index (χ0n) is 9.59. The predicted octanol–water partition coefficient (Wildman–Crippen LogP) is 2.89. The molecule has 0 aliphatic heterocycles. The summed E-state index contributed by atoms with van der Waals surface area (Å²) in [4.78, 5) is 9.29. The van der Waals surface area contributed by atoms with Crippen LogP contribution in [0.2, 0.25) is 0 Å². The van der Waals surface area contributed by atoms with Gasteiger partial charge >= 0.3 is 0 Å². The minimum Gasteiger partial charge on any atom is -0.260 e. The Morgan fingerprint density at radius 2 is 1.84 bits per heavy atom. The first-order valence-corrected chi connectivity index (χ1v) is 7.23. The van der Waals surface area contributed by atoms with E-state index in [1.807, 2.05) is 16.5 Å². The molecule has 0 aliphatic rings. The zero-order valence-corrected chi connectivity index (χ0v) is 11.2. The van der Waals surface area contributed by atoms with Crippen LogP contribution in [0, 0.1) is 0 Å². The van der Waals surface area contributed by atoms with E-state index in [0.29, 0.717) is 5.16 Å². The van der Waals surface area contributed by atoms with Crippen molar-refractivity contribution >= 4 is 38.3 Å². The molecule has 4 rings (SSSR count). The van der Waals surface area contributed by atoms with Gasteiger partial charge in [0.1, 0.15) is 0 Å². The summed E-state index contributed by atoms with van der Waals surface area (Å²) >= 11 is 3.05. The summed E-state index contributed by atoms with van der Waals surface area (Å²) in [6, 6.07) is 9.99. The number of fused-ring (bicyclic) bond motifs is 3. The lowest BCUT2D eigenvalue weighted by molar-refractivity contribution is 0.913. The van der Waals surface area contributed by atoms with Gasteiger partial charge in [0.15, 0.2) is 5.16 Å². The van der Waals surface area contributed by atoms with Crippen LogP contribution in [0.3, 0.4) is 0 Å². The van der Waals surface area contributed by atoms with Crippen LogP contribution in [0.15, 0.2) is 53.0 Å². The standard InChI is InChI=1S/C12H7N5S2/c1-2-5-9-8(4-1)17-11(18-9)15-16-12(17)19-10-13-6-3-7-14-10/h1-7H. The van der Waals surface area contributed by atoms with Crippen LogP contribution in [0.4, 0.5) is 0 Å². The van der Waals surface area contributed by atoms with Gasteiger partial charge in [-0.3, -0.25) is 4.40 Å². The van der Waals surface area contributed by atoms with Crippen molar-refractivity contribution in [1.82, 2.24) is 24.6 Å². The third-order valence-corrected chi connectivity index (χ3v) is 4.49. The summed E-state index contributed by atoms with van der Waals surface area (Å²) in [5.74, 6) is 0. The summed E-state index contributed by atoms with van der Waals surface area (Å²) in [5, 5.41) is 9.88. The van der Waals surface area contributed by atoms with E-state index in [1.165, 1.54) is 16.5 Å². The highest BCUT2D eigenvalue weighted by atomic mass is 32.2. The molecule has 1 aromatic carbocycles. The lowest BCUT2D eigenvalue weighted by atomic mass is 10.3. The maximum Gasteiger partial charge on any atom is 0.217 e. The SMILES string of the molecule is c1cnc(Sc2nnc3sc4ccccc4n23)nc1. The van der Waals surface area contributed by atoms with Gasteiger partial charge in [0.2, 0.25) is 10.1 Å². The normalized spacial score (nSPS) is 11.4. The van der Waals surface area contributed by atoms with Crippen molar-refractivity contribution in [2.24, 2.45) is 0 Å². The molecule has 3 aromatic heterocycles. The van der Waals surface area contributed by atoms with E-state index in [2.05, 4.69) is 32.3 Å². The van der Waals surface area contributed by atoms with Crippen molar-refractivity contribution in [3.8, 4) is 0 Å². The van der Waals surface area contributed by atoms with E-state index in [4.69, 9.17) is 0 Å². The number of thiazole rings is 1. The van der Waals surface area contributed by atoms with Crippen molar-refractivity contribution in [2.75, 3.05) is 0 Å². The van der Waals surface area contributed by atoms with Gasteiger partial charge in [0.05, 0.1) is 10.2 Å². The second kappa shape index (κ2) is 4.29. The second-order valence-corrected chi connectivity index (χ2v) is 5.75. The smallest absolute Gasteiger partial charge is 0.217 e. The lowest BCUT2D eigenvalue weighted by Crippen LogP contribution is -1.88. The van der Waals surface area contributed by atoms with Crippen molar-refractivity contribution < 1.29 is 0 Å². The molecule has 0 radical (unpaired) electrons. The maximum atomic E-state index is 4.21. The second-order valence-electron chi connectivity index (χ2n) is 3.80. The van der Waals surface area contributed by atoms with Crippen molar-refractivity contribution in [3.05, 3.63) is 42.7 Å². The monoisotopic (exact) mass is 285 g/mol. The van der Waals surface area contributed by atoms with Gasteiger partial charge in [0, 0.05) is 12.4 Å². The molecule has 0 N–H and O–H groups in total. The topological polar surface area (TPSA) is 56.0 Å². The van der Waals surface area contributed by atoms with Gasteiger partial charge in [-0.25, -0.2) is 9.97 Å². The van der Waals surface area contributed by atoms with Crippen LogP contribution in [-0.2, 0) is 0 Å². The summed E-state index contributed by atoms with van der Waals surface area (Å²) < 4.78 is 3.24. The number of para-hydroxylation sites is 1. The van der Waals surface area contributed by atoms with Gasteiger partial charge in [0.25, 0.3) is 0 Å². The number of aromatic nitrogens is 5. The molecule has 7 heteroatoms. The Balaban J connectivity index is 1.90. The van der Waals surface area contributed by atoms with E-state index in [0.717, 1.165) is 15.6 Å². The van der Waals surface area contributed by atoms with Crippen LogP contribution in [-0.4, -0.2) is 24.6 Å². The molecule has 0 atom stereocenters. The van der Waals surface area contributed by atoms with Crippen LogP contribution >= 0.6 is 23.1 Å². The van der Waals surface area contributed by atoms with Gasteiger partial charge < -0.3 is 0 Å². The fourth-order valence-corrected chi connectivity index (χ4v) is 3.61. The van der Waals surface area contributed by atoms with Crippen molar-refractivity contribution in [3.63, 3.8) is 0 Å². The van der Waals surface area contributed by atoms with Gasteiger partial charge in [-0.2, -0.15) is 0 Å². The van der Waals surface area contributed by atoms with Crippen LogP contribution in [0.1, 0.15) is 0 Å². The summed E-state index contributed by atoms with van der Waals surface area (Å²) in [6.45, 7) is 0. The quantitative estimate of drug-likeness (QED) is 0.530. The lowest BCUT2D eigenvalue weighted by Gasteiger charge is -1.97. The molecule has 0 aliphatic carbocycles. The van der Waals surface area contributed by atoms with E-state index in [9.17, 15) is 0 Å². The zero-order chi connectivity index (χ0) is 12.7. The number of hydrogen-bond acceptors (Lipinski definition) is 6. The third kappa shape index (κ3) is 1.78. The number of benzene rings is 1. The number of nitrogens with zero attached hydrogens (tertiary/aromatic N) is 5. The molecule has 0 spiro atoms. The third-order valence-electron chi connectivity index (χ3n) is 2.64. The molecule has 0 saturated carbocycles. The molecular formula is C12H7N5S2. The largest absolute Gasteiger partial charge is 0.260 e. The van der Waals surface area contributed by atoms with Crippen LogP contribution in [0.25, 0.3) is 15.2 Å². The fourth-order valence-electron chi connectivity index (χ4n) is 1.84. The van der Waals surface area contributed by atoms with Crippen LogP contribution < -0.4 is 0 Å². The minimum atomic E-state index is 0.673. The van der Waals surface area contributed by atoms with Gasteiger partial charge in [-0.1, -0.05) is 23.5 Å². The Bertz CT molecular complexity index is 852. The highest BCUT2D eigenvalue weighted by Crippen LogP contribution is 2.31. The van der Waals surface area contributed by atoms with Crippen molar-refractivity contribution in [2.45, 2.75) is 10.3 Å². The molecule has 0 saturated heterocycles. The minimum absolute atomic E-state index is 0.673. The van der Waals surface area contributed by atoms with Crippen molar-refractivity contribution in [1.29, 1.82) is 0 Å². The molecule has 3 heterocycles. The summed E-state index contributed by atoms with van der Waals surface area (Å²) in [6.07, 6.45) is 3.44. The first kappa shape index (κ1) is 10.9. The summed E-state index contributed by atoms with van der Waals surface area (Å²) in [5.41, 5.74) is 1.12. The molecule has 0 amide bonds. The Morgan fingerprint density at radius 3 is 2.74 bits per heavy atom. The van der Waals surface area contributed by atoms with E-state index >= 15 is 0 Å². The van der Waals surface area contributed by atoms with E-state index in [1.54, 1.807) is 29.8 Å². The van der Waals surface area contributed by atoms with Gasteiger partial charge in [-0.05, 0) is 30.0 Å². The summed E-state index contributed by atoms with van der Waals surface area (Å²) in [7, 11) is 0. The first-order chi connectivity index (χ1) is 9.42. The fraction of sp³-hybridized carbons (Fsp3) is 0. The maximum absolute atomic E-state index is 4.21. The molecule has 0 fully saturated rings. The molecular weight excluding hydrogens is 278 g/mol. The predicted molar refractivity (Wildman–Crippen MR) is 74.5 cm³/mol. The molecule has 4 aromatic rings. The molecule has 0 unspecified atom stereocenters. The number of rotatable bonds is 2. The van der Waals surface area contributed by atoms with E-state index < -0.39 is 0 Å². The number of hydrogen-bond donors (Lipinski definition) is 0. The Morgan fingerprint density at radius 1 is 1.00 bits per heavy atom. The average molecular weight is 285 g/mol. The Labute approximate surface area is 116 Å². The molecule has 92 valence electrons. The Hall–Kier alpha value is -1.99. The molecule has 5 nitrogen and oxygen atoms in total. The van der Waals surface area contributed by atoms with Crippen LogP contribution in [0.5, 0.6) is 0 Å². The molecule has 0 bridgehead atoms. The van der Waals surface area contributed by atoms with Gasteiger partial charge in [-0.15, -0.1) is 10.2 Å². The van der Waals surface area contributed by atoms with E-state index in [-0.39, 0.29) is 0 Å². The molecule has 19 heavy (non-hydrogen) atoms. The average Bonchev–Trinajstić information content (AvgIpc) is 3.00.